The van der Waals surface area contributed by atoms with Crippen LogP contribution in [0, 0.1) is 5.92 Å². The summed E-state index contributed by atoms with van der Waals surface area (Å²) in [4.78, 5) is 22.8. The molecule has 1 aromatic carbocycles. The van der Waals surface area contributed by atoms with Crippen molar-refractivity contribution in [1.82, 2.24) is 10.6 Å². The molecule has 1 unspecified atom stereocenters. The Kier molecular flexibility index (Phi) is 5.20. The predicted molar refractivity (Wildman–Crippen MR) is 79.9 cm³/mol. The van der Waals surface area contributed by atoms with Gasteiger partial charge in [-0.3, -0.25) is 4.79 Å². The second-order valence-electron chi connectivity index (χ2n) is 5.79. The Morgan fingerprint density at radius 3 is 2.52 bits per heavy atom. The molecule has 114 valence electrons. The summed E-state index contributed by atoms with van der Waals surface area (Å²) in [6, 6.07) is 9.22. The molecule has 3 N–H and O–H groups in total. The zero-order valence-electron chi connectivity index (χ0n) is 12.2. The van der Waals surface area contributed by atoms with Crippen LogP contribution < -0.4 is 10.6 Å². The average Bonchev–Trinajstić information content (AvgIpc) is 2.42. The lowest BCUT2D eigenvalue weighted by Gasteiger charge is -2.33. The van der Waals surface area contributed by atoms with Gasteiger partial charge in [0.1, 0.15) is 0 Å². The third-order valence-electron chi connectivity index (χ3n) is 3.86. The molecular weight excluding hydrogens is 268 g/mol. The van der Waals surface area contributed by atoms with Crippen LogP contribution in [0.5, 0.6) is 0 Å². The van der Waals surface area contributed by atoms with Crippen LogP contribution in [0.15, 0.2) is 30.3 Å². The Balaban J connectivity index is 1.91. The average molecular weight is 290 g/mol. The number of carbonyl (C=O) groups is 2. The van der Waals surface area contributed by atoms with E-state index in [1.54, 1.807) is 0 Å². The zero-order chi connectivity index (χ0) is 15.2. The number of rotatable bonds is 6. The maximum atomic E-state index is 12.0. The SMILES string of the molecule is CC1CC(NC(=O)NC(CCC(=O)O)c2ccccc2)C1. The molecular formula is C16H22N2O3. The minimum atomic E-state index is -0.856. The lowest BCUT2D eigenvalue weighted by molar-refractivity contribution is -0.137. The van der Waals surface area contributed by atoms with Crippen LogP contribution in [-0.4, -0.2) is 23.1 Å². The number of nitrogens with one attached hydrogen (secondary N) is 2. The van der Waals surface area contributed by atoms with Crippen molar-refractivity contribution in [3.05, 3.63) is 35.9 Å². The summed E-state index contributed by atoms with van der Waals surface area (Å²) >= 11 is 0. The summed E-state index contributed by atoms with van der Waals surface area (Å²) < 4.78 is 0. The molecule has 0 spiro atoms. The molecule has 2 rings (SSSR count). The quantitative estimate of drug-likeness (QED) is 0.753. The number of carboxylic acids is 1. The number of carboxylic acid groups (broad SMARTS) is 1. The maximum Gasteiger partial charge on any atom is 0.315 e. The van der Waals surface area contributed by atoms with Crippen molar-refractivity contribution in [2.45, 2.75) is 44.7 Å². The fraction of sp³-hybridized carbons (Fsp3) is 0.500. The number of carbonyl (C=O) groups excluding carboxylic acids is 1. The molecule has 0 heterocycles. The van der Waals surface area contributed by atoms with Crippen molar-refractivity contribution in [2.24, 2.45) is 5.92 Å². The second kappa shape index (κ2) is 7.11. The molecule has 1 aliphatic carbocycles. The third-order valence-corrected chi connectivity index (χ3v) is 3.86. The van der Waals surface area contributed by atoms with Gasteiger partial charge in [0.05, 0.1) is 6.04 Å². The standard InChI is InChI=1S/C16H22N2O3/c1-11-9-13(10-11)17-16(21)18-14(7-8-15(19)20)12-5-3-2-4-6-12/h2-6,11,13-14H,7-10H2,1H3,(H,19,20)(H2,17,18,21). The van der Waals surface area contributed by atoms with Crippen molar-refractivity contribution in [3.8, 4) is 0 Å². The molecule has 0 saturated heterocycles. The number of hydrogen-bond acceptors (Lipinski definition) is 2. The number of amides is 2. The first-order valence-corrected chi connectivity index (χ1v) is 7.38. The number of aliphatic carboxylic acids is 1. The molecule has 0 radical (unpaired) electrons. The Labute approximate surface area is 124 Å². The Bertz CT molecular complexity index is 484. The van der Waals surface area contributed by atoms with Gasteiger partial charge in [0.2, 0.25) is 0 Å². The maximum absolute atomic E-state index is 12.0. The van der Waals surface area contributed by atoms with Gasteiger partial charge < -0.3 is 15.7 Å². The summed E-state index contributed by atoms with van der Waals surface area (Å²) in [6.07, 6.45) is 2.44. The first-order valence-electron chi connectivity index (χ1n) is 7.38. The highest BCUT2D eigenvalue weighted by atomic mass is 16.4. The smallest absolute Gasteiger partial charge is 0.315 e. The van der Waals surface area contributed by atoms with Crippen LogP contribution in [0.3, 0.4) is 0 Å². The highest BCUT2D eigenvalue weighted by Crippen LogP contribution is 2.26. The van der Waals surface area contributed by atoms with Gasteiger partial charge in [0, 0.05) is 12.5 Å². The molecule has 1 aliphatic rings. The summed E-state index contributed by atoms with van der Waals surface area (Å²) in [6.45, 7) is 2.16. The Morgan fingerprint density at radius 2 is 1.95 bits per heavy atom. The topological polar surface area (TPSA) is 78.4 Å². The number of hydrogen-bond donors (Lipinski definition) is 3. The lowest BCUT2D eigenvalue weighted by Crippen LogP contribution is -2.48. The summed E-state index contributed by atoms with van der Waals surface area (Å²) in [5.74, 6) is -0.182. The molecule has 1 fully saturated rings. The van der Waals surface area contributed by atoms with E-state index in [2.05, 4.69) is 17.6 Å². The van der Waals surface area contributed by atoms with Crippen LogP contribution in [0.4, 0.5) is 4.79 Å². The highest BCUT2D eigenvalue weighted by molar-refractivity contribution is 5.75. The van der Waals surface area contributed by atoms with E-state index in [9.17, 15) is 9.59 Å². The second-order valence-corrected chi connectivity index (χ2v) is 5.79. The van der Waals surface area contributed by atoms with Gasteiger partial charge in [-0.15, -0.1) is 0 Å². The van der Waals surface area contributed by atoms with Crippen LogP contribution in [0.25, 0.3) is 0 Å². The van der Waals surface area contributed by atoms with E-state index in [1.807, 2.05) is 30.3 Å². The predicted octanol–water partition coefficient (Wildman–Crippen LogP) is 2.69. The lowest BCUT2D eigenvalue weighted by atomic mass is 9.82. The van der Waals surface area contributed by atoms with E-state index in [1.165, 1.54) is 0 Å². The minimum Gasteiger partial charge on any atom is -0.481 e. The molecule has 1 aromatic rings. The monoisotopic (exact) mass is 290 g/mol. The Morgan fingerprint density at radius 1 is 1.29 bits per heavy atom. The molecule has 1 atom stereocenters. The molecule has 2 amide bonds. The molecule has 1 saturated carbocycles. The van der Waals surface area contributed by atoms with Crippen molar-refractivity contribution in [2.75, 3.05) is 0 Å². The van der Waals surface area contributed by atoms with E-state index < -0.39 is 5.97 Å². The molecule has 21 heavy (non-hydrogen) atoms. The van der Waals surface area contributed by atoms with Gasteiger partial charge in [-0.25, -0.2) is 4.79 Å². The number of benzene rings is 1. The molecule has 0 bridgehead atoms. The van der Waals surface area contributed by atoms with Crippen molar-refractivity contribution in [1.29, 1.82) is 0 Å². The van der Waals surface area contributed by atoms with Gasteiger partial charge in [-0.05, 0) is 30.7 Å². The van der Waals surface area contributed by atoms with Crippen LogP contribution in [-0.2, 0) is 4.79 Å². The van der Waals surface area contributed by atoms with Gasteiger partial charge in [-0.1, -0.05) is 37.3 Å². The summed E-state index contributed by atoms with van der Waals surface area (Å²) in [5, 5.41) is 14.7. The summed E-state index contributed by atoms with van der Waals surface area (Å²) in [7, 11) is 0. The fourth-order valence-electron chi connectivity index (χ4n) is 2.68. The molecule has 0 aliphatic heterocycles. The van der Waals surface area contributed by atoms with E-state index in [-0.39, 0.29) is 24.5 Å². The van der Waals surface area contributed by atoms with Gasteiger partial charge in [-0.2, -0.15) is 0 Å². The van der Waals surface area contributed by atoms with Crippen molar-refractivity contribution < 1.29 is 14.7 Å². The van der Waals surface area contributed by atoms with Gasteiger partial charge in [0.25, 0.3) is 0 Å². The number of urea groups is 1. The van der Waals surface area contributed by atoms with Gasteiger partial charge >= 0.3 is 12.0 Å². The normalized spacial score (nSPS) is 22.0. The Hall–Kier alpha value is -2.04. The summed E-state index contributed by atoms with van der Waals surface area (Å²) in [5.41, 5.74) is 0.927. The van der Waals surface area contributed by atoms with Crippen molar-refractivity contribution >= 4 is 12.0 Å². The largest absolute Gasteiger partial charge is 0.481 e. The van der Waals surface area contributed by atoms with E-state index >= 15 is 0 Å². The first-order chi connectivity index (χ1) is 10.0. The fourth-order valence-corrected chi connectivity index (χ4v) is 2.68. The minimum absolute atomic E-state index is 0.0281. The van der Waals surface area contributed by atoms with E-state index in [4.69, 9.17) is 5.11 Å². The van der Waals surface area contributed by atoms with Crippen LogP contribution >= 0.6 is 0 Å². The van der Waals surface area contributed by atoms with Crippen LogP contribution in [0.1, 0.15) is 44.2 Å². The molecule has 5 heteroatoms. The van der Waals surface area contributed by atoms with E-state index in [0.29, 0.717) is 12.3 Å². The van der Waals surface area contributed by atoms with Crippen molar-refractivity contribution in [3.63, 3.8) is 0 Å². The van der Waals surface area contributed by atoms with E-state index in [0.717, 1.165) is 18.4 Å². The molecule has 5 nitrogen and oxygen atoms in total. The first kappa shape index (κ1) is 15.4. The third kappa shape index (κ3) is 4.77. The van der Waals surface area contributed by atoms with Crippen LogP contribution in [0.2, 0.25) is 0 Å². The highest BCUT2D eigenvalue weighted by Gasteiger charge is 2.27. The molecule has 0 aromatic heterocycles. The van der Waals surface area contributed by atoms with Gasteiger partial charge in [0.15, 0.2) is 0 Å². The zero-order valence-corrected chi connectivity index (χ0v) is 12.2.